The Hall–Kier alpha value is -2.46. The smallest absolute Gasteiger partial charge is 0.248 e. The van der Waals surface area contributed by atoms with E-state index in [-0.39, 0.29) is 11.7 Å². The number of benzene rings is 2. The summed E-state index contributed by atoms with van der Waals surface area (Å²) in [6.07, 6.45) is 0. The van der Waals surface area contributed by atoms with Gasteiger partial charge in [0.15, 0.2) is 11.5 Å². The van der Waals surface area contributed by atoms with Crippen molar-refractivity contribution in [2.24, 2.45) is 0 Å². The van der Waals surface area contributed by atoms with Crippen LogP contribution in [-0.2, 0) is 10.3 Å². The summed E-state index contributed by atoms with van der Waals surface area (Å²) < 4.78 is 5.85. The molecule has 2 heterocycles. The maximum atomic E-state index is 12.3. The maximum absolute atomic E-state index is 12.3. The van der Waals surface area contributed by atoms with E-state index < -0.39 is 10.9 Å². The summed E-state index contributed by atoms with van der Waals surface area (Å²) in [6.45, 7) is 1.80. The van der Waals surface area contributed by atoms with Gasteiger partial charge in [-0.3, -0.25) is 9.69 Å². The minimum atomic E-state index is -0.941. The first-order chi connectivity index (χ1) is 11.0. The number of halogens is 1. The van der Waals surface area contributed by atoms with Gasteiger partial charge in [0.1, 0.15) is 16.5 Å². The Labute approximate surface area is 137 Å². The second-order valence-electron chi connectivity index (χ2n) is 5.80. The number of aromatic hydroxyl groups is 1. The van der Waals surface area contributed by atoms with Crippen molar-refractivity contribution < 1.29 is 14.3 Å². The van der Waals surface area contributed by atoms with Crippen LogP contribution in [0.5, 0.6) is 5.75 Å². The van der Waals surface area contributed by atoms with Crippen molar-refractivity contribution in [2.45, 2.75) is 17.8 Å². The molecule has 1 aromatic heterocycles. The second-order valence-corrected chi connectivity index (χ2v) is 6.23. The molecule has 23 heavy (non-hydrogen) atoms. The summed E-state index contributed by atoms with van der Waals surface area (Å²) in [6, 6.07) is 16.4. The molecule has 4 nitrogen and oxygen atoms in total. The lowest BCUT2D eigenvalue weighted by atomic mass is 9.81. The van der Waals surface area contributed by atoms with Crippen molar-refractivity contribution in [2.75, 3.05) is 4.90 Å². The fourth-order valence-corrected chi connectivity index (χ4v) is 3.49. The molecule has 2 unspecified atom stereocenters. The van der Waals surface area contributed by atoms with Gasteiger partial charge in [-0.15, -0.1) is 11.6 Å². The Kier molecular flexibility index (Phi) is 2.93. The Balaban J connectivity index is 1.90. The van der Waals surface area contributed by atoms with Crippen LogP contribution < -0.4 is 4.90 Å². The predicted molar refractivity (Wildman–Crippen MR) is 88.8 cm³/mol. The molecule has 1 aliphatic heterocycles. The van der Waals surface area contributed by atoms with Crippen molar-refractivity contribution >= 4 is 34.2 Å². The molecule has 2 aromatic carbocycles. The van der Waals surface area contributed by atoms with E-state index in [9.17, 15) is 9.90 Å². The number of carbonyl (C=O) groups excluding carboxylic acids is 1. The number of anilines is 1. The zero-order valence-electron chi connectivity index (χ0n) is 12.4. The SMILES string of the molecule is CC1(c2oc3ccccc3c2O)C(Cl)C(=O)N1c1ccccc1. The molecule has 0 radical (unpaired) electrons. The van der Waals surface area contributed by atoms with Gasteiger partial charge < -0.3 is 9.52 Å². The highest BCUT2D eigenvalue weighted by Gasteiger charge is 2.61. The van der Waals surface area contributed by atoms with E-state index in [1.807, 2.05) is 42.5 Å². The van der Waals surface area contributed by atoms with E-state index in [0.717, 1.165) is 5.69 Å². The van der Waals surface area contributed by atoms with Crippen LogP contribution in [0.1, 0.15) is 12.7 Å². The molecule has 1 amide bonds. The lowest BCUT2D eigenvalue weighted by Gasteiger charge is -2.51. The molecule has 1 fully saturated rings. The van der Waals surface area contributed by atoms with Crippen molar-refractivity contribution in [3.8, 4) is 5.75 Å². The van der Waals surface area contributed by atoms with E-state index in [4.69, 9.17) is 16.0 Å². The van der Waals surface area contributed by atoms with Crippen LogP contribution in [0.2, 0.25) is 0 Å². The van der Waals surface area contributed by atoms with Crippen molar-refractivity contribution in [1.29, 1.82) is 0 Å². The standard InChI is InChI=1S/C18H14ClNO3/c1-18(16-14(21)12-9-5-6-10-13(12)23-16)15(19)17(22)20(18)11-7-3-2-4-8-11/h2-10,15,21H,1H3. The van der Waals surface area contributed by atoms with Crippen molar-refractivity contribution in [3.05, 3.63) is 60.4 Å². The average Bonchev–Trinajstić information content (AvgIpc) is 2.93. The van der Waals surface area contributed by atoms with E-state index in [0.29, 0.717) is 16.7 Å². The number of carbonyl (C=O) groups is 1. The number of β-lactam (4-membered cyclic amide) rings is 1. The highest BCUT2D eigenvalue weighted by atomic mass is 35.5. The molecule has 0 saturated carbocycles. The molecule has 3 aromatic rings. The minimum absolute atomic E-state index is 0.0298. The molecule has 116 valence electrons. The molecule has 1 N–H and O–H groups in total. The molecule has 2 atom stereocenters. The van der Waals surface area contributed by atoms with Crippen LogP contribution in [-0.4, -0.2) is 16.4 Å². The maximum Gasteiger partial charge on any atom is 0.248 e. The van der Waals surface area contributed by atoms with Crippen LogP contribution in [0.15, 0.2) is 59.0 Å². The zero-order valence-corrected chi connectivity index (χ0v) is 13.1. The monoisotopic (exact) mass is 327 g/mol. The third kappa shape index (κ3) is 1.75. The molecule has 0 bridgehead atoms. The van der Waals surface area contributed by atoms with Gasteiger partial charge >= 0.3 is 0 Å². The average molecular weight is 328 g/mol. The highest BCUT2D eigenvalue weighted by molar-refractivity contribution is 6.38. The predicted octanol–water partition coefficient (Wildman–Crippen LogP) is 4.01. The summed E-state index contributed by atoms with van der Waals surface area (Å²) in [4.78, 5) is 13.9. The fraction of sp³-hybridized carbons (Fsp3) is 0.167. The Morgan fingerprint density at radius 2 is 1.78 bits per heavy atom. The zero-order chi connectivity index (χ0) is 16.2. The topological polar surface area (TPSA) is 53.7 Å². The molecular weight excluding hydrogens is 314 g/mol. The van der Waals surface area contributed by atoms with Gasteiger partial charge in [0.05, 0.1) is 5.39 Å². The van der Waals surface area contributed by atoms with Gasteiger partial charge in [-0.25, -0.2) is 0 Å². The Bertz CT molecular complexity index is 905. The van der Waals surface area contributed by atoms with Gasteiger partial charge in [0.25, 0.3) is 0 Å². The third-order valence-electron chi connectivity index (χ3n) is 4.44. The number of hydrogen-bond acceptors (Lipinski definition) is 3. The molecule has 5 heteroatoms. The summed E-state index contributed by atoms with van der Waals surface area (Å²) in [5.74, 6) is 0.129. The number of alkyl halides is 1. The lowest BCUT2D eigenvalue weighted by Crippen LogP contribution is -2.69. The third-order valence-corrected chi connectivity index (χ3v) is 5.05. The van der Waals surface area contributed by atoms with Gasteiger partial charge in [-0.05, 0) is 31.2 Å². The molecule has 0 aliphatic carbocycles. The Morgan fingerprint density at radius 3 is 2.48 bits per heavy atom. The summed E-state index contributed by atoms with van der Waals surface area (Å²) >= 11 is 6.32. The van der Waals surface area contributed by atoms with Gasteiger partial charge in [0.2, 0.25) is 5.91 Å². The first kappa shape index (κ1) is 14.2. The van der Waals surface area contributed by atoms with E-state index in [2.05, 4.69) is 0 Å². The number of para-hydroxylation sites is 2. The number of rotatable bonds is 2. The number of amides is 1. The van der Waals surface area contributed by atoms with Crippen LogP contribution in [0.4, 0.5) is 5.69 Å². The van der Waals surface area contributed by atoms with Gasteiger partial charge in [-0.2, -0.15) is 0 Å². The van der Waals surface area contributed by atoms with E-state index in [1.165, 1.54) is 0 Å². The normalized spacial score (nSPS) is 24.0. The molecule has 1 aliphatic rings. The van der Waals surface area contributed by atoms with Crippen LogP contribution in [0.3, 0.4) is 0 Å². The summed E-state index contributed by atoms with van der Waals surface area (Å²) in [7, 11) is 0. The molecule has 0 spiro atoms. The lowest BCUT2D eigenvalue weighted by molar-refractivity contribution is -0.127. The van der Waals surface area contributed by atoms with E-state index in [1.54, 1.807) is 24.0 Å². The minimum Gasteiger partial charge on any atom is -0.504 e. The Morgan fingerprint density at radius 1 is 1.13 bits per heavy atom. The first-order valence-corrected chi connectivity index (χ1v) is 7.73. The summed E-state index contributed by atoms with van der Waals surface area (Å²) in [5.41, 5.74) is 0.345. The highest BCUT2D eigenvalue weighted by Crippen LogP contribution is 2.52. The second kappa shape index (κ2) is 4.77. The van der Waals surface area contributed by atoms with Gasteiger partial charge in [-0.1, -0.05) is 30.3 Å². The van der Waals surface area contributed by atoms with E-state index >= 15 is 0 Å². The quantitative estimate of drug-likeness (QED) is 0.571. The van der Waals surface area contributed by atoms with Gasteiger partial charge in [0, 0.05) is 5.69 Å². The molecular formula is C18H14ClNO3. The van der Waals surface area contributed by atoms with Crippen molar-refractivity contribution in [1.82, 2.24) is 0 Å². The number of hydrogen-bond donors (Lipinski definition) is 1. The number of fused-ring (bicyclic) bond motifs is 1. The number of furan rings is 1. The number of nitrogens with zero attached hydrogens (tertiary/aromatic N) is 1. The first-order valence-electron chi connectivity index (χ1n) is 7.29. The molecule has 4 rings (SSSR count). The van der Waals surface area contributed by atoms with Crippen molar-refractivity contribution in [3.63, 3.8) is 0 Å². The summed E-state index contributed by atoms with van der Waals surface area (Å²) in [5, 5.41) is 10.4. The van der Waals surface area contributed by atoms with Crippen LogP contribution >= 0.6 is 11.6 Å². The molecule has 1 saturated heterocycles. The largest absolute Gasteiger partial charge is 0.504 e. The fourth-order valence-electron chi connectivity index (χ4n) is 3.19. The van der Waals surface area contributed by atoms with Crippen LogP contribution in [0, 0.1) is 0 Å². The van der Waals surface area contributed by atoms with Crippen LogP contribution in [0.25, 0.3) is 11.0 Å².